The third-order valence-electron chi connectivity index (χ3n) is 1.98. The van der Waals surface area contributed by atoms with Crippen molar-refractivity contribution in [2.24, 2.45) is 5.84 Å². The van der Waals surface area contributed by atoms with Crippen LogP contribution in [-0.4, -0.2) is 22.7 Å². The van der Waals surface area contributed by atoms with Gasteiger partial charge < -0.3 is 4.74 Å². The van der Waals surface area contributed by atoms with Gasteiger partial charge in [-0.05, 0) is 33.6 Å². The van der Waals surface area contributed by atoms with Crippen LogP contribution in [0, 0.1) is 0 Å². The molecule has 0 aliphatic heterocycles. The average Bonchev–Trinajstić information content (AvgIpc) is 2.51. The van der Waals surface area contributed by atoms with E-state index in [2.05, 4.69) is 0 Å². The van der Waals surface area contributed by atoms with Crippen molar-refractivity contribution in [2.45, 2.75) is 45.3 Å². The van der Waals surface area contributed by atoms with E-state index in [1.807, 2.05) is 32.9 Å². The molecule has 1 aliphatic carbocycles. The smallest absolute Gasteiger partial charge is 0.424 e. The first-order valence-electron chi connectivity index (χ1n) is 4.82. The lowest BCUT2D eigenvalue weighted by atomic mass is 10.2. The summed E-state index contributed by atoms with van der Waals surface area (Å²) < 4.78 is 5.15. The number of carbonyl (C=O) groups is 1. The molecule has 2 N–H and O–H groups in total. The summed E-state index contributed by atoms with van der Waals surface area (Å²) >= 11 is 0. The summed E-state index contributed by atoms with van der Waals surface area (Å²) in [7, 11) is 0. The third kappa shape index (κ3) is 3.03. The van der Waals surface area contributed by atoms with E-state index >= 15 is 0 Å². The van der Waals surface area contributed by atoms with Crippen LogP contribution in [0.4, 0.5) is 4.79 Å². The van der Waals surface area contributed by atoms with Crippen LogP contribution in [0.25, 0.3) is 0 Å². The molecule has 0 saturated heterocycles. The van der Waals surface area contributed by atoms with E-state index in [9.17, 15) is 4.79 Å². The number of nitrogens with zero attached hydrogens (tertiary/aromatic N) is 1. The Morgan fingerprint density at radius 1 is 1.43 bits per heavy atom. The first-order valence-corrected chi connectivity index (χ1v) is 4.82. The van der Waals surface area contributed by atoms with Crippen molar-refractivity contribution in [1.82, 2.24) is 5.01 Å². The van der Waals surface area contributed by atoms with E-state index in [1.165, 1.54) is 5.01 Å². The van der Waals surface area contributed by atoms with E-state index in [-0.39, 0.29) is 6.04 Å². The van der Waals surface area contributed by atoms with Gasteiger partial charge in [-0.3, -0.25) is 0 Å². The van der Waals surface area contributed by atoms with Crippen LogP contribution < -0.4 is 5.84 Å². The van der Waals surface area contributed by atoms with Crippen molar-refractivity contribution in [2.75, 3.05) is 0 Å². The van der Waals surface area contributed by atoms with Gasteiger partial charge in [-0.2, -0.15) is 0 Å². The van der Waals surface area contributed by atoms with Gasteiger partial charge in [0, 0.05) is 0 Å². The topological polar surface area (TPSA) is 55.6 Å². The number of carbonyl (C=O) groups excluding carboxylic acids is 1. The Morgan fingerprint density at radius 2 is 1.93 bits per heavy atom. The lowest BCUT2D eigenvalue weighted by Gasteiger charge is -2.27. The Balaban J connectivity index is 2.44. The first kappa shape index (κ1) is 11.0. The molecule has 0 bridgehead atoms. The maximum atomic E-state index is 11.5. The van der Waals surface area contributed by atoms with Crippen molar-refractivity contribution in [3.8, 4) is 0 Å². The number of hydrogen-bond acceptors (Lipinski definition) is 3. The van der Waals surface area contributed by atoms with Crippen molar-refractivity contribution in [3.63, 3.8) is 0 Å². The molecule has 1 rings (SSSR count). The van der Waals surface area contributed by atoms with Crippen LogP contribution in [0.5, 0.6) is 0 Å². The van der Waals surface area contributed by atoms with Crippen LogP contribution in [-0.2, 0) is 4.74 Å². The molecule has 1 aliphatic rings. The summed E-state index contributed by atoms with van der Waals surface area (Å²) in [5.41, 5.74) is -0.485. The van der Waals surface area contributed by atoms with E-state index in [0.29, 0.717) is 0 Å². The van der Waals surface area contributed by atoms with Gasteiger partial charge in [-0.25, -0.2) is 15.6 Å². The lowest BCUT2D eigenvalue weighted by molar-refractivity contribution is 0.0168. The molecule has 0 aromatic carbocycles. The first-order chi connectivity index (χ1) is 6.40. The Morgan fingerprint density at radius 3 is 2.36 bits per heavy atom. The molecule has 14 heavy (non-hydrogen) atoms. The Bertz CT molecular complexity index is 235. The molecule has 0 aromatic rings. The Labute approximate surface area is 84.7 Å². The normalized spacial score (nSPS) is 17.1. The molecule has 0 radical (unpaired) electrons. The minimum absolute atomic E-state index is 0.0600. The largest absolute Gasteiger partial charge is 0.443 e. The SMILES string of the molecule is CC(C)(C)OC(=O)N(N)C1CC=CC1. The predicted octanol–water partition coefficient (Wildman–Crippen LogP) is 1.82. The van der Waals surface area contributed by atoms with E-state index in [0.717, 1.165) is 12.8 Å². The highest BCUT2D eigenvalue weighted by Crippen LogP contribution is 2.17. The molecule has 4 heteroatoms. The summed E-state index contributed by atoms with van der Waals surface area (Å²) in [6.07, 6.45) is 5.22. The zero-order valence-electron chi connectivity index (χ0n) is 8.99. The van der Waals surface area contributed by atoms with Gasteiger partial charge in [-0.15, -0.1) is 0 Å². The molecular formula is C10H18N2O2. The summed E-state index contributed by atoms with van der Waals surface area (Å²) in [6, 6.07) is 0.0600. The number of amides is 1. The third-order valence-corrected chi connectivity index (χ3v) is 1.98. The molecule has 0 atom stereocenters. The highest BCUT2D eigenvalue weighted by Gasteiger charge is 2.26. The summed E-state index contributed by atoms with van der Waals surface area (Å²) in [4.78, 5) is 11.5. The van der Waals surface area contributed by atoms with E-state index in [1.54, 1.807) is 0 Å². The highest BCUT2D eigenvalue weighted by molar-refractivity contribution is 5.67. The number of hydrogen-bond donors (Lipinski definition) is 1. The van der Waals surface area contributed by atoms with Gasteiger partial charge in [0.1, 0.15) is 5.60 Å². The molecule has 0 fully saturated rings. The maximum absolute atomic E-state index is 11.5. The summed E-state index contributed by atoms with van der Waals surface area (Å²) in [5, 5.41) is 1.19. The number of rotatable bonds is 1. The fourth-order valence-corrected chi connectivity index (χ4v) is 1.29. The van der Waals surface area contributed by atoms with Gasteiger partial charge >= 0.3 is 6.09 Å². The minimum Gasteiger partial charge on any atom is -0.443 e. The monoisotopic (exact) mass is 198 g/mol. The zero-order chi connectivity index (χ0) is 10.8. The Hall–Kier alpha value is -1.03. The van der Waals surface area contributed by atoms with E-state index in [4.69, 9.17) is 10.6 Å². The van der Waals surface area contributed by atoms with Gasteiger partial charge in [0.15, 0.2) is 0 Å². The fourth-order valence-electron chi connectivity index (χ4n) is 1.29. The van der Waals surface area contributed by atoms with Crippen LogP contribution in [0.2, 0.25) is 0 Å². The molecular weight excluding hydrogens is 180 g/mol. The van der Waals surface area contributed by atoms with Crippen LogP contribution in [0.15, 0.2) is 12.2 Å². The molecule has 0 spiro atoms. The highest BCUT2D eigenvalue weighted by atomic mass is 16.6. The van der Waals surface area contributed by atoms with Crippen molar-refractivity contribution in [3.05, 3.63) is 12.2 Å². The average molecular weight is 198 g/mol. The zero-order valence-corrected chi connectivity index (χ0v) is 8.99. The van der Waals surface area contributed by atoms with Crippen molar-refractivity contribution < 1.29 is 9.53 Å². The molecule has 0 heterocycles. The fraction of sp³-hybridized carbons (Fsp3) is 0.700. The van der Waals surface area contributed by atoms with E-state index < -0.39 is 11.7 Å². The quantitative estimate of drug-likeness (QED) is 0.302. The van der Waals surface area contributed by atoms with Crippen LogP contribution >= 0.6 is 0 Å². The molecule has 0 saturated carbocycles. The lowest BCUT2D eigenvalue weighted by Crippen LogP contribution is -2.47. The molecule has 1 amide bonds. The predicted molar refractivity (Wildman–Crippen MR) is 54.4 cm³/mol. The van der Waals surface area contributed by atoms with Gasteiger partial charge in [0.05, 0.1) is 6.04 Å². The molecule has 0 aromatic heterocycles. The second kappa shape index (κ2) is 4.00. The molecule has 80 valence electrons. The summed E-state index contributed by atoms with van der Waals surface area (Å²) in [5.74, 6) is 5.65. The number of ether oxygens (including phenoxy) is 1. The second-order valence-electron chi connectivity index (χ2n) is 4.48. The van der Waals surface area contributed by atoms with Gasteiger partial charge in [-0.1, -0.05) is 12.2 Å². The molecule has 0 unspecified atom stereocenters. The van der Waals surface area contributed by atoms with Gasteiger partial charge in [0.25, 0.3) is 0 Å². The Kier molecular flexibility index (Phi) is 3.16. The van der Waals surface area contributed by atoms with Crippen LogP contribution in [0.3, 0.4) is 0 Å². The number of nitrogens with two attached hydrogens (primary N) is 1. The van der Waals surface area contributed by atoms with Crippen molar-refractivity contribution in [1.29, 1.82) is 0 Å². The van der Waals surface area contributed by atoms with Crippen molar-refractivity contribution >= 4 is 6.09 Å². The minimum atomic E-state index is -0.485. The second-order valence-corrected chi connectivity index (χ2v) is 4.48. The number of hydrazine groups is 1. The maximum Gasteiger partial charge on any atom is 0.424 e. The van der Waals surface area contributed by atoms with Crippen LogP contribution in [0.1, 0.15) is 33.6 Å². The standard InChI is InChI=1S/C10H18N2O2/c1-10(2,3)14-9(13)12(11)8-6-4-5-7-8/h4-5,8H,6-7,11H2,1-3H3. The summed E-state index contributed by atoms with van der Waals surface area (Å²) in [6.45, 7) is 5.48. The molecule has 4 nitrogen and oxygen atoms in total. The van der Waals surface area contributed by atoms with Gasteiger partial charge in [0.2, 0.25) is 0 Å².